The van der Waals surface area contributed by atoms with Crippen molar-refractivity contribution in [2.75, 3.05) is 19.6 Å². The highest BCUT2D eigenvalue weighted by Gasteiger charge is 2.42. The maximum atomic E-state index is 12.5. The van der Waals surface area contributed by atoms with Crippen LogP contribution in [0.1, 0.15) is 31.7 Å². The lowest BCUT2D eigenvalue weighted by Crippen LogP contribution is -2.43. The monoisotopic (exact) mass is 272 g/mol. The second-order valence-corrected chi connectivity index (χ2v) is 5.93. The van der Waals surface area contributed by atoms with Gasteiger partial charge in [0.25, 0.3) is 0 Å². The molecule has 1 amide bonds. The summed E-state index contributed by atoms with van der Waals surface area (Å²) in [5.41, 5.74) is 1.36. The van der Waals surface area contributed by atoms with Crippen LogP contribution in [0.25, 0.3) is 0 Å². The molecule has 1 atom stereocenters. The molecule has 0 bridgehead atoms. The lowest BCUT2D eigenvalue weighted by Gasteiger charge is -2.26. The number of nitrogens with zero attached hydrogens (tertiary/aromatic N) is 2. The summed E-state index contributed by atoms with van der Waals surface area (Å²) in [6, 6.07) is 11.3. The summed E-state index contributed by atoms with van der Waals surface area (Å²) in [5, 5.41) is 0. The van der Waals surface area contributed by atoms with Crippen molar-refractivity contribution in [1.29, 1.82) is 0 Å². The molecule has 1 saturated heterocycles. The van der Waals surface area contributed by atoms with Gasteiger partial charge in [0.1, 0.15) is 0 Å². The Balaban J connectivity index is 1.57. The predicted molar refractivity (Wildman–Crippen MR) is 80.5 cm³/mol. The molecular weight excluding hydrogens is 248 g/mol. The fourth-order valence-corrected chi connectivity index (χ4v) is 3.23. The van der Waals surface area contributed by atoms with Crippen LogP contribution in [0.2, 0.25) is 0 Å². The Hall–Kier alpha value is -1.35. The van der Waals surface area contributed by atoms with Crippen LogP contribution in [-0.2, 0) is 11.2 Å². The quantitative estimate of drug-likeness (QED) is 0.793. The molecule has 0 unspecified atom stereocenters. The number of amides is 1. The van der Waals surface area contributed by atoms with Crippen molar-refractivity contribution in [2.24, 2.45) is 0 Å². The van der Waals surface area contributed by atoms with Gasteiger partial charge in [-0.05, 0) is 37.8 Å². The molecule has 1 aliphatic carbocycles. The Morgan fingerprint density at radius 1 is 1.20 bits per heavy atom. The molecule has 0 spiro atoms. The molecule has 1 heterocycles. The van der Waals surface area contributed by atoms with Crippen LogP contribution >= 0.6 is 0 Å². The number of hydrogen-bond donors (Lipinski definition) is 0. The van der Waals surface area contributed by atoms with Crippen LogP contribution in [-0.4, -0.2) is 47.4 Å². The van der Waals surface area contributed by atoms with Crippen molar-refractivity contribution in [1.82, 2.24) is 9.80 Å². The molecule has 20 heavy (non-hydrogen) atoms. The molecule has 1 saturated carbocycles. The van der Waals surface area contributed by atoms with Gasteiger partial charge in [-0.25, -0.2) is 0 Å². The molecule has 0 N–H and O–H groups in total. The third-order valence-corrected chi connectivity index (χ3v) is 4.58. The number of likely N-dealkylation sites (N-methyl/N-ethyl adjacent to an activating group) is 1. The zero-order chi connectivity index (χ0) is 13.9. The predicted octanol–water partition coefficient (Wildman–Crippen LogP) is 2.31. The number of carbonyl (C=O) groups excluding carboxylic acids is 1. The third kappa shape index (κ3) is 2.88. The van der Waals surface area contributed by atoms with E-state index in [0.29, 0.717) is 11.9 Å². The summed E-state index contributed by atoms with van der Waals surface area (Å²) in [6.07, 6.45) is 4.48. The summed E-state index contributed by atoms with van der Waals surface area (Å²) < 4.78 is 0. The van der Waals surface area contributed by atoms with Gasteiger partial charge >= 0.3 is 0 Å². The molecule has 3 rings (SSSR count). The van der Waals surface area contributed by atoms with Gasteiger partial charge < -0.3 is 4.90 Å². The highest BCUT2D eigenvalue weighted by atomic mass is 16.2. The normalized spacial score (nSPS) is 22.8. The van der Waals surface area contributed by atoms with Crippen molar-refractivity contribution in [3.05, 3.63) is 35.9 Å². The van der Waals surface area contributed by atoms with E-state index in [1.807, 2.05) is 0 Å². The fourth-order valence-electron chi connectivity index (χ4n) is 3.23. The number of carbonyl (C=O) groups is 1. The van der Waals surface area contributed by atoms with Gasteiger partial charge in [0, 0.05) is 19.1 Å². The molecule has 3 heteroatoms. The minimum atomic E-state index is 0.129. The van der Waals surface area contributed by atoms with Crippen LogP contribution in [0.15, 0.2) is 30.3 Å². The maximum absolute atomic E-state index is 12.5. The second kappa shape index (κ2) is 5.96. The van der Waals surface area contributed by atoms with Gasteiger partial charge in [-0.3, -0.25) is 9.69 Å². The van der Waals surface area contributed by atoms with E-state index in [1.54, 1.807) is 0 Å². The van der Waals surface area contributed by atoms with Crippen molar-refractivity contribution >= 4 is 5.91 Å². The van der Waals surface area contributed by atoms with Crippen molar-refractivity contribution in [3.8, 4) is 0 Å². The summed E-state index contributed by atoms with van der Waals surface area (Å²) in [7, 11) is 0. The summed E-state index contributed by atoms with van der Waals surface area (Å²) in [6.45, 7) is 5.07. The summed E-state index contributed by atoms with van der Waals surface area (Å²) in [5.74, 6) is 0.377. The lowest BCUT2D eigenvalue weighted by molar-refractivity contribution is -0.132. The maximum Gasteiger partial charge on any atom is 0.240 e. The summed E-state index contributed by atoms with van der Waals surface area (Å²) >= 11 is 0. The van der Waals surface area contributed by atoms with Crippen LogP contribution in [0.5, 0.6) is 0 Å². The van der Waals surface area contributed by atoms with Crippen molar-refractivity contribution < 1.29 is 4.79 Å². The van der Waals surface area contributed by atoms with E-state index in [-0.39, 0.29) is 6.04 Å². The zero-order valence-corrected chi connectivity index (χ0v) is 12.3. The molecule has 0 aromatic heterocycles. The third-order valence-electron chi connectivity index (χ3n) is 4.58. The smallest absolute Gasteiger partial charge is 0.240 e. The van der Waals surface area contributed by atoms with Crippen LogP contribution in [0, 0.1) is 0 Å². The minimum absolute atomic E-state index is 0.129. The topological polar surface area (TPSA) is 23.6 Å². The van der Waals surface area contributed by atoms with E-state index in [9.17, 15) is 4.79 Å². The van der Waals surface area contributed by atoms with E-state index in [0.717, 1.165) is 32.5 Å². The van der Waals surface area contributed by atoms with Crippen LogP contribution < -0.4 is 0 Å². The lowest BCUT2D eigenvalue weighted by atomic mass is 10.1. The van der Waals surface area contributed by atoms with Crippen molar-refractivity contribution in [2.45, 2.75) is 44.7 Å². The average molecular weight is 272 g/mol. The first-order valence-corrected chi connectivity index (χ1v) is 7.88. The van der Waals surface area contributed by atoms with Gasteiger partial charge in [-0.15, -0.1) is 0 Å². The van der Waals surface area contributed by atoms with E-state index >= 15 is 0 Å². The van der Waals surface area contributed by atoms with Crippen LogP contribution in [0.3, 0.4) is 0 Å². The highest BCUT2D eigenvalue weighted by Crippen LogP contribution is 2.32. The standard InChI is InChI=1S/C17H24N2O/c1-2-18(12-10-14-6-4-3-5-7-14)16-11-13-19(17(16)20)15-8-9-15/h3-7,15-16H,2,8-13H2,1H3/t16-/m0/s1. The fraction of sp³-hybridized carbons (Fsp3) is 0.588. The summed E-state index contributed by atoms with van der Waals surface area (Å²) in [4.78, 5) is 17.0. The Morgan fingerprint density at radius 2 is 1.95 bits per heavy atom. The number of hydrogen-bond acceptors (Lipinski definition) is 2. The van der Waals surface area contributed by atoms with Gasteiger partial charge in [0.2, 0.25) is 5.91 Å². The molecular formula is C17H24N2O. The van der Waals surface area contributed by atoms with Gasteiger partial charge in [0.05, 0.1) is 6.04 Å². The van der Waals surface area contributed by atoms with Gasteiger partial charge in [-0.2, -0.15) is 0 Å². The van der Waals surface area contributed by atoms with E-state index in [4.69, 9.17) is 0 Å². The first kappa shape index (κ1) is 13.6. The second-order valence-electron chi connectivity index (χ2n) is 5.93. The Kier molecular flexibility index (Phi) is 4.06. The molecule has 1 aromatic carbocycles. The van der Waals surface area contributed by atoms with E-state index < -0.39 is 0 Å². The van der Waals surface area contributed by atoms with Gasteiger partial charge in [0.15, 0.2) is 0 Å². The molecule has 1 aromatic rings. The number of likely N-dealkylation sites (tertiary alicyclic amines) is 1. The Morgan fingerprint density at radius 3 is 2.60 bits per heavy atom. The average Bonchev–Trinajstić information content (AvgIpc) is 3.25. The van der Waals surface area contributed by atoms with Gasteiger partial charge in [-0.1, -0.05) is 37.3 Å². The molecule has 2 fully saturated rings. The minimum Gasteiger partial charge on any atom is -0.338 e. The first-order chi connectivity index (χ1) is 9.79. The molecule has 108 valence electrons. The molecule has 2 aliphatic rings. The Bertz CT molecular complexity index is 455. The Labute approximate surface area is 121 Å². The van der Waals surface area contributed by atoms with E-state index in [1.165, 1.54) is 18.4 Å². The molecule has 3 nitrogen and oxygen atoms in total. The SMILES string of the molecule is CCN(CCc1ccccc1)[C@H]1CCN(C2CC2)C1=O. The largest absolute Gasteiger partial charge is 0.338 e. The van der Waals surface area contributed by atoms with E-state index in [2.05, 4.69) is 47.1 Å². The zero-order valence-electron chi connectivity index (χ0n) is 12.3. The van der Waals surface area contributed by atoms with Crippen molar-refractivity contribution in [3.63, 3.8) is 0 Å². The molecule has 0 radical (unpaired) electrons. The van der Waals surface area contributed by atoms with Crippen LogP contribution in [0.4, 0.5) is 0 Å². The number of rotatable bonds is 6. The molecule has 1 aliphatic heterocycles. The first-order valence-electron chi connectivity index (χ1n) is 7.88. The number of benzene rings is 1. The highest BCUT2D eigenvalue weighted by molar-refractivity contribution is 5.84.